The summed E-state index contributed by atoms with van der Waals surface area (Å²) < 4.78 is 14.7. The van der Waals surface area contributed by atoms with Gasteiger partial charge >= 0.3 is 4.94 Å². The summed E-state index contributed by atoms with van der Waals surface area (Å²) in [6, 6.07) is 13.1. The van der Waals surface area contributed by atoms with Gasteiger partial charge < -0.3 is 18.9 Å². The number of halogens is 4. The van der Waals surface area contributed by atoms with Gasteiger partial charge in [0.2, 0.25) is 10.0 Å². The van der Waals surface area contributed by atoms with E-state index in [0.717, 1.165) is 11.3 Å². The van der Waals surface area contributed by atoms with Crippen LogP contribution in [0.4, 0.5) is 0 Å². The number of hydrogen-bond acceptors (Lipinski definition) is 6. The van der Waals surface area contributed by atoms with Crippen molar-refractivity contribution >= 4 is 73.9 Å². The molecule has 0 radical (unpaired) electrons. The SMILES string of the molecule is O=C(NC(Oc1ccc2oc(=O)sc2c1-c1ccccc1Cl)C(Cl)(Cl)Cl)c1ccco1. The smallest absolute Gasteiger partial charge is 0.396 e. The first-order chi connectivity index (χ1) is 14.7. The van der Waals surface area contributed by atoms with E-state index < -0.39 is 20.9 Å². The van der Waals surface area contributed by atoms with Gasteiger partial charge in [-0.1, -0.05) is 75.9 Å². The number of carbonyl (C=O) groups excluding carboxylic acids is 1. The zero-order valence-corrected chi connectivity index (χ0v) is 19.1. The van der Waals surface area contributed by atoms with Crippen molar-refractivity contribution in [1.29, 1.82) is 0 Å². The second kappa shape index (κ2) is 8.76. The first-order valence-corrected chi connectivity index (χ1v) is 11.0. The predicted octanol–water partition coefficient (Wildman–Crippen LogP) is 6.27. The fourth-order valence-electron chi connectivity index (χ4n) is 2.84. The lowest BCUT2D eigenvalue weighted by Crippen LogP contribution is -2.47. The number of furan rings is 1. The summed E-state index contributed by atoms with van der Waals surface area (Å²) in [6.45, 7) is 0. The number of ether oxygens (including phenoxy) is 1. The molecule has 1 amide bonds. The molecule has 0 spiro atoms. The van der Waals surface area contributed by atoms with Gasteiger partial charge in [0, 0.05) is 16.1 Å². The summed E-state index contributed by atoms with van der Waals surface area (Å²) in [5.74, 6) is -0.416. The van der Waals surface area contributed by atoms with Crippen molar-refractivity contribution in [2.45, 2.75) is 10.0 Å². The highest BCUT2D eigenvalue weighted by molar-refractivity contribution is 7.16. The van der Waals surface area contributed by atoms with E-state index in [4.69, 9.17) is 60.0 Å². The van der Waals surface area contributed by atoms with Crippen molar-refractivity contribution < 1.29 is 18.4 Å². The highest BCUT2D eigenvalue weighted by atomic mass is 35.6. The van der Waals surface area contributed by atoms with Crippen LogP contribution in [0.15, 0.2) is 68.4 Å². The van der Waals surface area contributed by atoms with Crippen LogP contribution in [0.5, 0.6) is 5.75 Å². The van der Waals surface area contributed by atoms with Gasteiger partial charge in [0.25, 0.3) is 5.91 Å². The normalized spacial score (nSPS) is 12.6. The van der Waals surface area contributed by atoms with E-state index in [0.29, 0.717) is 26.4 Å². The number of amides is 1. The van der Waals surface area contributed by atoms with Crippen molar-refractivity contribution in [2.24, 2.45) is 0 Å². The lowest BCUT2D eigenvalue weighted by atomic mass is 10.0. The number of carbonyl (C=O) groups is 1. The molecule has 2 heterocycles. The Labute approximate surface area is 199 Å². The lowest BCUT2D eigenvalue weighted by molar-refractivity contribution is 0.0806. The van der Waals surface area contributed by atoms with Crippen LogP contribution in [0.1, 0.15) is 10.6 Å². The molecule has 0 bridgehead atoms. The Morgan fingerprint density at radius 2 is 1.87 bits per heavy atom. The molecular formula is C20H11Cl4NO5S. The maximum atomic E-state index is 12.4. The van der Waals surface area contributed by atoms with E-state index in [1.54, 1.807) is 42.5 Å². The van der Waals surface area contributed by atoms with Crippen LogP contribution in [0.3, 0.4) is 0 Å². The number of alkyl halides is 3. The molecule has 0 aliphatic carbocycles. The number of rotatable bonds is 5. The minimum absolute atomic E-state index is 0.0117. The topological polar surface area (TPSA) is 81.7 Å². The zero-order valence-electron chi connectivity index (χ0n) is 15.2. The summed E-state index contributed by atoms with van der Waals surface area (Å²) in [5.41, 5.74) is 1.38. The number of hydrogen-bond donors (Lipinski definition) is 1. The molecule has 4 aromatic rings. The lowest BCUT2D eigenvalue weighted by Gasteiger charge is -2.27. The maximum absolute atomic E-state index is 12.4. The molecule has 0 fully saturated rings. The standard InChI is InChI=1S/C20H11Cl4NO5S/c21-11-5-2-1-4-10(11)15-12(7-8-13-16(15)31-19(27)30-13)29-18(20(22,23)24)25-17(26)14-6-3-9-28-14/h1-9,18H,(H,25,26). The van der Waals surface area contributed by atoms with Crippen LogP contribution in [-0.4, -0.2) is 15.9 Å². The molecule has 2 aromatic carbocycles. The molecule has 4 rings (SSSR count). The fraction of sp³-hybridized carbons (Fsp3) is 0.100. The summed E-state index contributed by atoms with van der Waals surface area (Å²) in [6.07, 6.45) is -0.0675. The second-order valence-electron chi connectivity index (χ2n) is 6.19. The summed E-state index contributed by atoms with van der Waals surface area (Å²) in [5, 5.41) is 2.90. The van der Waals surface area contributed by atoms with Gasteiger partial charge in [-0.25, -0.2) is 4.79 Å². The third-order valence-corrected chi connectivity index (χ3v) is 5.94. The molecular weight excluding hydrogens is 508 g/mol. The van der Waals surface area contributed by atoms with Gasteiger partial charge in [0.1, 0.15) is 11.3 Å². The highest BCUT2D eigenvalue weighted by Crippen LogP contribution is 2.43. The van der Waals surface area contributed by atoms with Crippen molar-refractivity contribution in [2.75, 3.05) is 0 Å². The van der Waals surface area contributed by atoms with E-state index in [1.165, 1.54) is 12.3 Å². The Morgan fingerprint density at radius 1 is 1.10 bits per heavy atom. The maximum Gasteiger partial charge on any atom is 0.396 e. The Hall–Kier alpha value is -2.16. The van der Waals surface area contributed by atoms with E-state index in [1.807, 2.05) is 0 Å². The highest BCUT2D eigenvalue weighted by Gasteiger charge is 2.37. The third-order valence-electron chi connectivity index (χ3n) is 4.15. The van der Waals surface area contributed by atoms with Crippen LogP contribution in [0, 0.1) is 0 Å². The first kappa shape index (κ1) is 22.0. The molecule has 0 saturated heterocycles. The largest absolute Gasteiger partial charge is 0.465 e. The van der Waals surface area contributed by atoms with Gasteiger partial charge in [-0.3, -0.25) is 4.79 Å². The Bertz CT molecular complexity index is 1290. The molecule has 2 aromatic heterocycles. The van der Waals surface area contributed by atoms with Crippen LogP contribution in [0.25, 0.3) is 21.4 Å². The third kappa shape index (κ3) is 4.71. The Balaban J connectivity index is 1.80. The van der Waals surface area contributed by atoms with Crippen molar-refractivity contribution in [3.63, 3.8) is 0 Å². The summed E-state index contributed by atoms with van der Waals surface area (Å²) >= 11 is 25.5. The van der Waals surface area contributed by atoms with Gasteiger partial charge in [-0.15, -0.1) is 0 Å². The number of fused-ring (bicyclic) bond motifs is 1. The molecule has 1 unspecified atom stereocenters. The average Bonchev–Trinajstić information content (AvgIpc) is 3.36. The molecule has 11 heteroatoms. The van der Waals surface area contributed by atoms with Crippen molar-refractivity contribution in [1.82, 2.24) is 5.32 Å². The Morgan fingerprint density at radius 3 is 2.55 bits per heavy atom. The molecule has 160 valence electrons. The second-order valence-corrected chi connectivity index (χ2v) is 9.91. The summed E-state index contributed by atoms with van der Waals surface area (Å²) in [4.78, 5) is 23.8. The van der Waals surface area contributed by atoms with Crippen LogP contribution in [0.2, 0.25) is 5.02 Å². The molecule has 0 saturated carbocycles. The van der Waals surface area contributed by atoms with E-state index in [9.17, 15) is 9.59 Å². The van der Waals surface area contributed by atoms with E-state index in [-0.39, 0.29) is 11.5 Å². The van der Waals surface area contributed by atoms with Crippen LogP contribution >= 0.6 is 57.7 Å². The quantitative estimate of drug-likeness (QED) is 0.248. The van der Waals surface area contributed by atoms with Crippen LogP contribution in [-0.2, 0) is 0 Å². The van der Waals surface area contributed by atoms with Gasteiger partial charge in [0.05, 0.1) is 11.0 Å². The van der Waals surface area contributed by atoms with E-state index >= 15 is 0 Å². The van der Waals surface area contributed by atoms with E-state index in [2.05, 4.69) is 5.32 Å². The zero-order chi connectivity index (χ0) is 22.2. The van der Waals surface area contributed by atoms with Crippen molar-refractivity contribution in [3.8, 4) is 16.9 Å². The van der Waals surface area contributed by atoms with Gasteiger partial charge in [0.15, 0.2) is 5.76 Å². The average molecular weight is 519 g/mol. The monoisotopic (exact) mass is 517 g/mol. The molecule has 31 heavy (non-hydrogen) atoms. The number of nitrogens with one attached hydrogen (secondary N) is 1. The minimum Gasteiger partial charge on any atom is -0.465 e. The first-order valence-electron chi connectivity index (χ1n) is 8.63. The molecule has 0 aliphatic heterocycles. The van der Waals surface area contributed by atoms with Gasteiger partial charge in [-0.2, -0.15) is 0 Å². The minimum atomic E-state index is -2.04. The van der Waals surface area contributed by atoms with Gasteiger partial charge in [-0.05, 0) is 30.3 Å². The Kier molecular flexibility index (Phi) is 6.23. The van der Waals surface area contributed by atoms with Crippen molar-refractivity contribution in [3.05, 3.63) is 75.3 Å². The molecule has 6 nitrogen and oxygen atoms in total. The fourth-order valence-corrected chi connectivity index (χ4v) is 4.19. The predicted molar refractivity (Wildman–Crippen MR) is 122 cm³/mol. The molecule has 1 N–H and O–H groups in total. The number of benzene rings is 2. The summed E-state index contributed by atoms with van der Waals surface area (Å²) in [7, 11) is 0. The molecule has 1 atom stereocenters. The molecule has 0 aliphatic rings. The van der Waals surface area contributed by atoms with Crippen LogP contribution < -0.4 is 15.0 Å².